The fourth-order valence-corrected chi connectivity index (χ4v) is 10.7. The quantitative estimate of drug-likeness (QED) is 0.130. The Morgan fingerprint density at radius 3 is 1.28 bits per heavy atom. The van der Waals surface area contributed by atoms with Crippen molar-refractivity contribution in [2.45, 2.75) is 0 Å². The van der Waals surface area contributed by atoms with Crippen molar-refractivity contribution in [2.24, 2.45) is 0 Å². The van der Waals surface area contributed by atoms with E-state index in [0.29, 0.717) is 0 Å². The highest BCUT2D eigenvalue weighted by atomic mass is 32.1. The zero-order chi connectivity index (χ0) is 35.3. The SMILES string of the molecule is c1ccc(N(c2ccccc2)c2ccc(-c3cc4c5c(c3)n3c6ccccc6sc6cccc(c63)n-5c3cccc5sc6ccccc6n4c53)cc2)cc1. The Balaban J connectivity index is 1.23. The number of benzene rings is 8. The molecule has 0 spiro atoms. The van der Waals surface area contributed by atoms with Gasteiger partial charge in [0.1, 0.15) is 0 Å². The zero-order valence-corrected chi connectivity index (χ0v) is 30.6. The molecule has 4 heterocycles. The maximum absolute atomic E-state index is 2.53. The summed E-state index contributed by atoms with van der Waals surface area (Å²) in [5.74, 6) is 0. The number of hydrogen-bond donors (Lipinski definition) is 0. The van der Waals surface area contributed by atoms with Gasteiger partial charge in [0.25, 0.3) is 0 Å². The first-order valence-corrected chi connectivity index (χ1v) is 19.8. The first-order valence-electron chi connectivity index (χ1n) is 18.2. The van der Waals surface area contributed by atoms with E-state index in [-0.39, 0.29) is 0 Å². The van der Waals surface area contributed by atoms with Crippen LogP contribution in [0.4, 0.5) is 17.1 Å². The molecule has 0 bridgehead atoms. The number of para-hydroxylation sites is 6. The molecule has 0 fully saturated rings. The van der Waals surface area contributed by atoms with E-state index in [9.17, 15) is 0 Å². The Morgan fingerprint density at radius 2 is 0.759 bits per heavy atom. The van der Waals surface area contributed by atoms with E-state index in [0.717, 1.165) is 17.1 Å². The van der Waals surface area contributed by atoms with E-state index in [1.54, 1.807) is 0 Å². The third kappa shape index (κ3) is 4.23. The van der Waals surface area contributed by atoms with Crippen LogP contribution in [0.3, 0.4) is 0 Å². The number of hydrogen-bond acceptors (Lipinski definition) is 3. The highest BCUT2D eigenvalue weighted by molar-refractivity contribution is 7.25. The van der Waals surface area contributed by atoms with Crippen LogP contribution in [0.15, 0.2) is 182 Å². The first kappa shape index (κ1) is 29.9. The predicted octanol–water partition coefficient (Wildman–Crippen LogP) is 14.0. The number of fused-ring (bicyclic) bond motifs is 8. The van der Waals surface area contributed by atoms with Gasteiger partial charge in [0, 0.05) is 17.1 Å². The summed E-state index contributed by atoms with van der Waals surface area (Å²) in [7, 11) is 0. The zero-order valence-electron chi connectivity index (χ0n) is 28.9. The van der Waals surface area contributed by atoms with Crippen LogP contribution in [0.25, 0.3) is 79.7 Å². The van der Waals surface area contributed by atoms with Gasteiger partial charge in [-0.05, 0) is 108 Å². The largest absolute Gasteiger partial charge is 0.311 e. The van der Waals surface area contributed by atoms with E-state index in [4.69, 9.17) is 0 Å². The molecule has 0 aliphatic carbocycles. The summed E-state index contributed by atoms with van der Waals surface area (Å²) in [6.45, 7) is 0. The summed E-state index contributed by atoms with van der Waals surface area (Å²) in [6.07, 6.45) is 0. The highest BCUT2D eigenvalue weighted by Crippen LogP contribution is 2.45. The van der Waals surface area contributed by atoms with Gasteiger partial charge in [0.2, 0.25) is 0 Å². The molecule has 2 aromatic heterocycles. The molecule has 54 heavy (non-hydrogen) atoms. The van der Waals surface area contributed by atoms with Crippen LogP contribution in [0, 0.1) is 0 Å². The molecule has 0 radical (unpaired) electrons. The Kier molecular flexibility index (Phi) is 6.34. The Morgan fingerprint density at radius 1 is 0.333 bits per heavy atom. The van der Waals surface area contributed by atoms with Crippen LogP contribution in [0.5, 0.6) is 0 Å². The molecular formula is C48H30N4S2. The lowest BCUT2D eigenvalue weighted by Gasteiger charge is -2.28. The van der Waals surface area contributed by atoms with Crippen LogP contribution in [0.2, 0.25) is 0 Å². The summed E-state index contributed by atoms with van der Waals surface area (Å²) >= 11 is 3.73. The summed E-state index contributed by atoms with van der Waals surface area (Å²) in [6, 6.07) is 66.4. The van der Waals surface area contributed by atoms with Crippen molar-refractivity contribution in [3.05, 3.63) is 182 Å². The van der Waals surface area contributed by atoms with Crippen LogP contribution in [0.1, 0.15) is 0 Å². The second kappa shape index (κ2) is 11.4. The minimum absolute atomic E-state index is 1.11. The van der Waals surface area contributed by atoms with Crippen molar-refractivity contribution in [1.82, 2.24) is 13.4 Å². The normalized spacial score (nSPS) is 12.1. The lowest BCUT2D eigenvalue weighted by atomic mass is 10.0. The lowest BCUT2D eigenvalue weighted by molar-refractivity contribution is 1.10. The average molecular weight is 727 g/mol. The predicted molar refractivity (Wildman–Crippen MR) is 231 cm³/mol. The minimum Gasteiger partial charge on any atom is -0.311 e. The van der Waals surface area contributed by atoms with Crippen molar-refractivity contribution in [1.29, 1.82) is 0 Å². The minimum atomic E-state index is 1.11. The number of nitrogens with zero attached hydrogens (tertiary/aromatic N) is 4. The molecule has 2 aliphatic rings. The van der Waals surface area contributed by atoms with Gasteiger partial charge in [-0.15, -0.1) is 22.7 Å². The van der Waals surface area contributed by atoms with Crippen LogP contribution in [-0.2, 0) is 0 Å². The van der Waals surface area contributed by atoms with Gasteiger partial charge in [0.15, 0.2) is 0 Å². The van der Waals surface area contributed by atoms with Crippen LogP contribution in [-0.4, -0.2) is 13.4 Å². The van der Waals surface area contributed by atoms with Gasteiger partial charge in [-0.25, -0.2) is 0 Å². The maximum atomic E-state index is 2.53. The molecule has 0 N–H and O–H groups in total. The Hall–Kier alpha value is -6.60. The van der Waals surface area contributed by atoms with E-state index >= 15 is 0 Å². The first-order chi connectivity index (χ1) is 26.8. The topological polar surface area (TPSA) is 17.0 Å². The van der Waals surface area contributed by atoms with Gasteiger partial charge in [-0.1, -0.05) is 84.9 Å². The summed E-state index contributed by atoms with van der Waals surface area (Å²) < 4.78 is 12.6. The van der Waals surface area contributed by atoms with E-state index in [2.05, 4.69) is 200 Å². The molecule has 0 saturated heterocycles. The smallest absolute Gasteiger partial charge is 0.0948 e. The fourth-order valence-electron chi connectivity index (χ4n) is 8.55. The lowest BCUT2D eigenvalue weighted by Crippen LogP contribution is -2.13. The molecule has 0 atom stereocenters. The van der Waals surface area contributed by atoms with Crippen molar-refractivity contribution >= 4 is 103 Å². The number of rotatable bonds is 4. The number of aromatic nitrogens is 3. The van der Waals surface area contributed by atoms with Gasteiger partial charge >= 0.3 is 0 Å². The van der Waals surface area contributed by atoms with Crippen molar-refractivity contribution in [2.75, 3.05) is 4.90 Å². The second-order valence-corrected chi connectivity index (χ2v) is 16.0. The monoisotopic (exact) mass is 726 g/mol. The fraction of sp³-hybridized carbons (Fsp3) is 0. The third-order valence-electron chi connectivity index (χ3n) is 10.8. The molecule has 6 heteroatoms. The highest BCUT2D eigenvalue weighted by Gasteiger charge is 2.25. The van der Waals surface area contributed by atoms with E-state index in [1.165, 1.54) is 79.7 Å². The van der Waals surface area contributed by atoms with Crippen LogP contribution >= 0.6 is 22.7 Å². The Labute approximate surface area is 318 Å². The molecule has 4 nitrogen and oxygen atoms in total. The molecule has 10 aromatic rings. The van der Waals surface area contributed by atoms with Crippen molar-refractivity contribution in [3.8, 4) is 16.8 Å². The molecule has 2 aliphatic heterocycles. The standard InChI is InChI=1S/C48H30N4S2/c1-3-13-33(14-4-1)49(34-15-5-2-6-16-34)35-27-25-31(26-28-35)32-29-40-46-41(30-32)51-37-18-8-10-22-43(37)54-45-24-12-20-39(48(45)51)52(46)38-19-11-23-44-47(38)50(40)36-17-7-9-21-42(36)53-44/h1-30H. The van der Waals surface area contributed by atoms with Crippen molar-refractivity contribution in [3.63, 3.8) is 0 Å². The van der Waals surface area contributed by atoms with Gasteiger partial charge < -0.3 is 18.3 Å². The molecule has 254 valence electrons. The van der Waals surface area contributed by atoms with E-state index < -0.39 is 0 Å². The summed E-state index contributed by atoms with van der Waals surface area (Å²) in [5.41, 5.74) is 16.6. The van der Waals surface area contributed by atoms with Crippen molar-refractivity contribution < 1.29 is 0 Å². The van der Waals surface area contributed by atoms with E-state index in [1.807, 2.05) is 22.7 Å². The summed E-state index contributed by atoms with van der Waals surface area (Å²) in [5, 5.41) is 0. The third-order valence-corrected chi connectivity index (χ3v) is 13.0. The summed E-state index contributed by atoms with van der Waals surface area (Å²) in [4.78, 5) is 2.32. The molecule has 0 amide bonds. The second-order valence-electron chi connectivity index (χ2n) is 13.8. The number of anilines is 3. The maximum Gasteiger partial charge on any atom is 0.0948 e. The average Bonchev–Trinajstić information content (AvgIpc) is 3.23. The molecular weight excluding hydrogens is 697 g/mol. The molecule has 0 unspecified atom stereocenters. The van der Waals surface area contributed by atoms with Gasteiger partial charge in [-0.2, -0.15) is 0 Å². The van der Waals surface area contributed by atoms with Gasteiger partial charge in [0.05, 0.1) is 68.6 Å². The van der Waals surface area contributed by atoms with Crippen LogP contribution < -0.4 is 4.90 Å². The molecule has 12 rings (SSSR count). The Bertz CT molecular complexity index is 3180. The molecule has 0 saturated carbocycles. The van der Waals surface area contributed by atoms with Gasteiger partial charge in [-0.3, -0.25) is 0 Å². The molecule has 8 aromatic carbocycles.